The Morgan fingerprint density at radius 1 is 0.952 bits per heavy atom. The van der Waals surface area contributed by atoms with Gasteiger partial charge in [0.25, 0.3) is 0 Å². The van der Waals surface area contributed by atoms with Crippen LogP contribution in [0, 0.1) is 0 Å². The van der Waals surface area contributed by atoms with Gasteiger partial charge in [0.2, 0.25) is 0 Å². The lowest BCUT2D eigenvalue weighted by atomic mass is 9.68. The quantitative estimate of drug-likeness (QED) is 0.772. The van der Waals surface area contributed by atoms with Crippen LogP contribution in [0.15, 0.2) is 53.6 Å². The number of aliphatic carboxylic acids is 3. The second kappa shape index (κ2) is 5.24. The zero-order valence-corrected chi connectivity index (χ0v) is 10.8. The van der Waals surface area contributed by atoms with E-state index in [1.165, 1.54) is 18.2 Å². The SMILES string of the molecule is O=C(O)C1=CCC(C(=O)O)(c2ccccc2)C(C(=O)O)=C1. The van der Waals surface area contributed by atoms with E-state index in [-0.39, 0.29) is 12.0 Å². The van der Waals surface area contributed by atoms with E-state index in [0.717, 1.165) is 6.08 Å². The van der Waals surface area contributed by atoms with E-state index < -0.39 is 28.9 Å². The van der Waals surface area contributed by atoms with Gasteiger partial charge in [-0.05, 0) is 18.1 Å². The van der Waals surface area contributed by atoms with Gasteiger partial charge in [-0.1, -0.05) is 36.4 Å². The summed E-state index contributed by atoms with van der Waals surface area (Å²) in [6.07, 6.45) is 1.91. The Hall–Kier alpha value is -2.89. The van der Waals surface area contributed by atoms with Gasteiger partial charge in [-0.25, -0.2) is 9.59 Å². The van der Waals surface area contributed by atoms with Crippen molar-refractivity contribution < 1.29 is 29.7 Å². The molecule has 0 saturated carbocycles. The van der Waals surface area contributed by atoms with Gasteiger partial charge in [-0.2, -0.15) is 0 Å². The summed E-state index contributed by atoms with van der Waals surface area (Å²) in [6.45, 7) is 0. The Bertz CT molecular complexity index is 671. The average molecular weight is 288 g/mol. The summed E-state index contributed by atoms with van der Waals surface area (Å²) < 4.78 is 0. The molecule has 1 aromatic rings. The molecule has 0 amide bonds. The molecule has 3 N–H and O–H groups in total. The largest absolute Gasteiger partial charge is 0.480 e. The molecule has 1 unspecified atom stereocenters. The molecule has 0 spiro atoms. The summed E-state index contributed by atoms with van der Waals surface area (Å²) >= 11 is 0. The molecule has 0 saturated heterocycles. The number of carboxylic acid groups (broad SMARTS) is 3. The van der Waals surface area contributed by atoms with Crippen LogP contribution in [-0.4, -0.2) is 33.2 Å². The van der Waals surface area contributed by atoms with Gasteiger partial charge in [-0.3, -0.25) is 4.79 Å². The first-order chi connectivity index (χ1) is 9.89. The van der Waals surface area contributed by atoms with Crippen molar-refractivity contribution in [1.29, 1.82) is 0 Å². The zero-order valence-electron chi connectivity index (χ0n) is 10.8. The van der Waals surface area contributed by atoms with Crippen LogP contribution in [0.4, 0.5) is 0 Å². The minimum Gasteiger partial charge on any atom is -0.480 e. The molecule has 21 heavy (non-hydrogen) atoms. The molecule has 108 valence electrons. The summed E-state index contributed by atoms with van der Waals surface area (Å²) in [4.78, 5) is 34.2. The minimum atomic E-state index is -1.79. The number of rotatable bonds is 4. The summed E-state index contributed by atoms with van der Waals surface area (Å²) in [5.74, 6) is -4.07. The van der Waals surface area contributed by atoms with Gasteiger partial charge in [0.1, 0.15) is 5.41 Å². The number of carbonyl (C=O) groups is 3. The van der Waals surface area contributed by atoms with Crippen molar-refractivity contribution in [3.63, 3.8) is 0 Å². The van der Waals surface area contributed by atoms with E-state index in [1.54, 1.807) is 18.2 Å². The Morgan fingerprint density at radius 3 is 2.05 bits per heavy atom. The first-order valence-corrected chi connectivity index (χ1v) is 6.07. The molecule has 1 aromatic carbocycles. The molecule has 0 bridgehead atoms. The van der Waals surface area contributed by atoms with Gasteiger partial charge in [0.05, 0.1) is 11.1 Å². The molecule has 0 heterocycles. The molecule has 6 heteroatoms. The van der Waals surface area contributed by atoms with Crippen LogP contribution in [0.1, 0.15) is 12.0 Å². The predicted molar refractivity (Wildman–Crippen MR) is 71.8 cm³/mol. The molecule has 0 radical (unpaired) electrons. The first-order valence-electron chi connectivity index (χ1n) is 6.07. The number of allylic oxidation sites excluding steroid dienone is 1. The first kappa shape index (κ1) is 14.5. The number of benzene rings is 1. The van der Waals surface area contributed by atoms with Crippen LogP contribution in [0.2, 0.25) is 0 Å². The van der Waals surface area contributed by atoms with Crippen LogP contribution in [-0.2, 0) is 19.8 Å². The van der Waals surface area contributed by atoms with Crippen LogP contribution in [0.3, 0.4) is 0 Å². The van der Waals surface area contributed by atoms with Crippen molar-refractivity contribution >= 4 is 17.9 Å². The smallest absolute Gasteiger partial charge is 0.335 e. The fourth-order valence-electron chi connectivity index (χ4n) is 2.43. The maximum atomic E-state index is 11.8. The summed E-state index contributed by atoms with van der Waals surface area (Å²) in [7, 11) is 0. The average Bonchev–Trinajstić information content (AvgIpc) is 2.46. The molecule has 1 aliphatic carbocycles. The van der Waals surface area contributed by atoms with E-state index in [9.17, 15) is 24.6 Å². The van der Waals surface area contributed by atoms with Gasteiger partial charge < -0.3 is 15.3 Å². The summed E-state index contributed by atoms with van der Waals surface area (Å²) in [5, 5.41) is 27.9. The van der Waals surface area contributed by atoms with E-state index in [2.05, 4.69) is 0 Å². The fourth-order valence-corrected chi connectivity index (χ4v) is 2.43. The highest BCUT2D eigenvalue weighted by Crippen LogP contribution is 2.40. The molecule has 1 atom stereocenters. The lowest BCUT2D eigenvalue weighted by molar-refractivity contribution is -0.145. The van der Waals surface area contributed by atoms with Crippen LogP contribution >= 0.6 is 0 Å². The van der Waals surface area contributed by atoms with Gasteiger partial charge in [0, 0.05) is 0 Å². The van der Waals surface area contributed by atoms with Crippen molar-refractivity contribution in [1.82, 2.24) is 0 Å². The third kappa shape index (κ3) is 2.31. The Morgan fingerprint density at radius 2 is 1.57 bits per heavy atom. The molecule has 0 aromatic heterocycles. The molecule has 2 rings (SSSR count). The van der Waals surface area contributed by atoms with Crippen LogP contribution in [0.25, 0.3) is 0 Å². The van der Waals surface area contributed by atoms with E-state index >= 15 is 0 Å². The van der Waals surface area contributed by atoms with Gasteiger partial charge >= 0.3 is 17.9 Å². The molecular formula is C15H12O6. The summed E-state index contributed by atoms with van der Waals surface area (Å²) in [6, 6.07) is 7.94. The Kier molecular flexibility index (Phi) is 3.62. The van der Waals surface area contributed by atoms with Crippen molar-refractivity contribution in [3.8, 4) is 0 Å². The molecular weight excluding hydrogens is 276 g/mol. The Balaban J connectivity index is 2.68. The minimum absolute atomic E-state index is 0.222. The van der Waals surface area contributed by atoms with Crippen molar-refractivity contribution in [2.24, 2.45) is 0 Å². The molecule has 0 aliphatic heterocycles. The standard InChI is InChI=1S/C15H12O6/c16-12(17)9-6-7-15(14(20)21,11(8-9)13(18)19)10-4-2-1-3-5-10/h1-6,8H,7H2,(H,16,17)(H,18,19)(H,20,21). The predicted octanol–water partition coefficient (Wildman–Crippen LogP) is 1.43. The number of hydrogen-bond acceptors (Lipinski definition) is 3. The Labute approximate surface area is 119 Å². The van der Waals surface area contributed by atoms with Crippen molar-refractivity contribution in [3.05, 3.63) is 59.2 Å². The highest BCUT2D eigenvalue weighted by Gasteiger charge is 2.48. The van der Waals surface area contributed by atoms with E-state index in [0.29, 0.717) is 5.56 Å². The van der Waals surface area contributed by atoms with Gasteiger partial charge in [-0.15, -0.1) is 0 Å². The van der Waals surface area contributed by atoms with E-state index in [1.807, 2.05) is 0 Å². The maximum absolute atomic E-state index is 11.8. The summed E-state index contributed by atoms with van der Waals surface area (Å²) in [5.41, 5.74) is -2.17. The fraction of sp³-hybridized carbons (Fsp3) is 0.133. The lowest BCUT2D eigenvalue weighted by Gasteiger charge is -2.32. The van der Waals surface area contributed by atoms with Crippen LogP contribution < -0.4 is 0 Å². The number of carboxylic acids is 3. The highest BCUT2D eigenvalue weighted by molar-refractivity contribution is 6.04. The molecule has 1 aliphatic rings. The maximum Gasteiger partial charge on any atom is 0.335 e. The second-order valence-corrected chi connectivity index (χ2v) is 4.61. The molecule has 6 nitrogen and oxygen atoms in total. The van der Waals surface area contributed by atoms with Crippen LogP contribution in [0.5, 0.6) is 0 Å². The van der Waals surface area contributed by atoms with E-state index in [4.69, 9.17) is 5.11 Å². The monoisotopic (exact) mass is 288 g/mol. The third-order valence-corrected chi connectivity index (χ3v) is 3.50. The highest BCUT2D eigenvalue weighted by atomic mass is 16.4. The van der Waals surface area contributed by atoms with Crippen molar-refractivity contribution in [2.45, 2.75) is 11.8 Å². The second-order valence-electron chi connectivity index (χ2n) is 4.61. The normalized spacial score (nSPS) is 21.1. The lowest BCUT2D eigenvalue weighted by Crippen LogP contribution is -2.42. The number of hydrogen-bond donors (Lipinski definition) is 3. The zero-order chi connectivity index (χ0) is 15.6. The topological polar surface area (TPSA) is 112 Å². The molecule has 0 fully saturated rings. The third-order valence-electron chi connectivity index (χ3n) is 3.50. The van der Waals surface area contributed by atoms with Crippen molar-refractivity contribution in [2.75, 3.05) is 0 Å². The van der Waals surface area contributed by atoms with Gasteiger partial charge in [0.15, 0.2) is 0 Å².